The van der Waals surface area contributed by atoms with Gasteiger partial charge in [-0.15, -0.1) is 10.2 Å². The van der Waals surface area contributed by atoms with Crippen molar-refractivity contribution < 1.29 is 4.74 Å². The number of nitrogens with zero attached hydrogens (tertiary/aromatic N) is 4. The predicted molar refractivity (Wildman–Crippen MR) is 99.7 cm³/mol. The quantitative estimate of drug-likeness (QED) is 0.567. The average Bonchev–Trinajstić information content (AvgIpc) is 3.08. The van der Waals surface area contributed by atoms with Gasteiger partial charge < -0.3 is 19.9 Å². The van der Waals surface area contributed by atoms with Crippen molar-refractivity contribution in [2.75, 3.05) is 13.7 Å². The van der Waals surface area contributed by atoms with Crippen molar-refractivity contribution in [1.82, 2.24) is 25.4 Å². The molecule has 0 aliphatic heterocycles. The van der Waals surface area contributed by atoms with Gasteiger partial charge in [0.05, 0.1) is 13.2 Å². The first-order chi connectivity index (χ1) is 12.2. The first kappa shape index (κ1) is 18.8. The van der Waals surface area contributed by atoms with E-state index in [1.54, 1.807) is 13.4 Å². The number of aryl methyl sites for hydroxylation is 2. The Bertz CT molecular complexity index is 695. The topological polar surface area (TPSA) is 76.4 Å². The van der Waals surface area contributed by atoms with Crippen LogP contribution in [0.1, 0.15) is 37.2 Å². The van der Waals surface area contributed by atoms with Crippen molar-refractivity contribution in [3.05, 3.63) is 41.5 Å². The van der Waals surface area contributed by atoms with E-state index in [9.17, 15) is 0 Å². The third-order valence-electron chi connectivity index (χ3n) is 3.80. The Morgan fingerprint density at radius 1 is 1.24 bits per heavy atom. The van der Waals surface area contributed by atoms with E-state index in [1.165, 1.54) is 5.56 Å². The summed E-state index contributed by atoms with van der Waals surface area (Å²) in [5, 5.41) is 14.6. The molecule has 7 heteroatoms. The first-order valence-electron chi connectivity index (χ1n) is 8.71. The maximum atomic E-state index is 5.86. The second kappa shape index (κ2) is 9.66. The fourth-order valence-electron chi connectivity index (χ4n) is 2.40. The summed E-state index contributed by atoms with van der Waals surface area (Å²) in [5.74, 6) is 2.52. The molecule has 0 amide bonds. The minimum absolute atomic E-state index is 0.570. The molecule has 0 spiro atoms. The molecule has 2 N–H and O–H groups in total. The van der Waals surface area contributed by atoms with Crippen LogP contribution >= 0.6 is 0 Å². The predicted octanol–water partition coefficient (Wildman–Crippen LogP) is 2.26. The molecule has 2 aromatic rings. The summed E-state index contributed by atoms with van der Waals surface area (Å²) >= 11 is 0. The molecule has 0 bridgehead atoms. The third-order valence-corrected chi connectivity index (χ3v) is 3.80. The van der Waals surface area contributed by atoms with E-state index < -0.39 is 0 Å². The van der Waals surface area contributed by atoms with Gasteiger partial charge in [-0.1, -0.05) is 19.1 Å². The third kappa shape index (κ3) is 5.48. The largest absolute Gasteiger partial charge is 0.493 e. The molecule has 0 saturated carbocycles. The Balaban J connectivity index is 1.94. The zero-order chi connectivity index (χ0) is 18.1. The van der Waals surface area contributed by atoms with Crippen molar-refractivity contribution in [2.24, 2.45) is 4.99 Å². The summed E-state index contributed by atoms with van der Waals surface area (Å²) in [6.45, 7) is 9.01. The minimum Gasteiger partial charge on any atom is -0.493 e. The number of nitrogens with one attached hydrogen (secondary N) is 2. The number of rotatable bonds is 8. The highest BCUT2D eigenvalue weighted by molar-refractivity contribution is 5.79. The lowest BCUT2D eigenvalue weighted by atomic mass is 10.1. The number of aliphatic imine (C=N–C) groups is 1. The van der Waals surface area contributed by atoms with Crippen LogP contribution in [0.15, 0.2) is 29.5 Å². The molecule has 1 heterocycles. The van der Waals surface area contributed by atoms with Crippen molar-refractivity contribution >= 4 is 5.96 Å². The summed E-state index contributed by atoms with van der Waals surface area (Å²) in [5.41, 5.74) is 2.30. The van der Waals surface area contributed by atoms with E-state index in [0.29, 0.717) is 19.0 Å². The molecule has 1 aromatic carbocycles. The van der Waals surface area contributed by atoms with E-state index in [0.717, 1.165) is 36.7 Å². The van der Waals surface area contributed by atoms with Crippen LogP contribution in [0.25, 0.3) is 0 Å². The van der Waals surface area contributed by atoms with Crippen LogP contribution < -0.4 is 15.4 Å². The van der Waals surface area contributed by atoms with Gasteiger partial charge >= 0.3 is 0 Å². The fourth-order valence-corrected chi connectivity index (χ4v) is 2.40. The van der Waals surface area contributed by atoms with Crippen LogP contribution in [0.4, 0.5) is 0 Å². The molecule has 0 aliphatic carbocycles. The standard InChI is InChI=1S/C18H28N6O/c1-5-9-25-16-10-14(3)7-8-15(16)11-20-18(19-4)21-12-17-23-22-13-24(17)6-2/h7-8,10,13H,5-6,9,11-12H2,1-4H3,(H2,19,20,21). The highest BCUT2D eigenvalue weighted by atomic mass is 16.5. The lowest BCUT2D eigenvalue weighted by molar-refractivity contribution is 0.313. The molecule has 2 rings (SSSR count). The second-order valence-electron chi connectivity index (χ2n) is 5.77. The Labute approximate surface area is 149 Å². The van der Waals surface area contributed by atoms with Gasteiger partial charge in [-0.2, -0.15) is 0 Å². The highest BCUT2D eigenvalue weighted by Gasteiger charge is 2.07. The van der Waals surface area contributed by atoms with Crippen LogP contribution in [0.2, 0.25) is 0 Å². The van der Waals surface area contributed by atoms with E-state index in [2.05, 4.69) is 64.8 Å². The molecule has 0 aliphatic rings. The molecular weight excluding hydrogens is 316 g/mol. The monoisotopic (exact) mass is 344 g/mol. The lowest BCUT2D eigenvalue weighted by Crippen LogP contribution is -2.37. The Morgan fingerprint density at radius 3 is 2.76 bits per heavy atom. The summed E-state index contributed by atoms with van der Waals surface area (Å²) in [4.78, 5) is 4.26. The average molecular weight is 344 g/mol. The Morgan fingerprint density at radius 2 is 2.04 bits per heavy atom. The molecule has 0 unspecified atom stereocenters. The van der Waals surface area contributed by atoms with Crippen molar-refractivity contribution in [2.45, 2.75) is 46.8 Å². The van der Waals surface area contributed by atoms with E-state index in [1.807, 2.05) is 4.57 Å². The van der Waals surface area contributed by atoms with E-state index >= 15 is 0 Å². The Hall–Kier alpha value is -2.57. The maximum Gasteiger partial charge on any atom is 0.191 e. The van der Waals surface area contributed by atoms with Crippen LogP contribution in [-0.2, 0) is 19.6 Å². The van der Waals surface area contributed by atoms with Gasteiger partial charge in [0, 0.05) is 25.7 Å². The van der Waals surface area contributed by atoms with Crippen LogP contribution in [0, 0.1) is 6.92 Å². The maximum absolute atomic E-state index is 5.86. The number of ether oxygens (including phenoxy) is 1. The van der Waals surface area contributed by atoms with Crippen molar-refractivity contribution in [3.8, 4) is 5.75 Å². The minimum atomic E-state index is 0.570. The van der Waals surface area contributed by atoms with Crippen LogP contribution in [0.5, 0.6) is 5.75 Å². The second-order valence-corrected chi connectivity index (χ2v) is 5.77. The van der Waals surface area contributed by atoms with Gasteiger partial charge in [0.2, 0.25) is 0 Å². The number of benzene rings is 1. The zero-order valence-corrected chi connectivity index (χ0v) is 15.5. The summed E-state index contributed by atoms with van der Waals surface area (Å²) in [7, 11) is 1.75. The molecule has 7 nitrogen and oxygen atoms in total. The molecule has 0 radical (unpaired) electrons. The SMILES string of the molecule is CCCOc1cc(C)ccc1CNC(=NC)NCc1nncn1CC. The van der Waals surface area contributed by atoms with Crippen LogP contribution in [0.3, 0.4) is 0 Å². The van der Waals surface area contributed by atoms with Gasteiger partial charge in [-0.05, 0) is 31.9 Å². The van der Waals surface area contributed by atoms with Crippen molar-refractivity contribution in [3.63, 3.8) is 0 Å². The van der Waals surface area contributed by atoms with Crippen molar-refractivity contribution in [1.29, 1.82) is 0 Å². The number of guanidine groups is 1. The molecule has 0 saturated heterocycles. The molecule has 25 heavy (non-hydrogen) atoms. The van der Waals surface area contributed by atoms with Gasteiger partial charge in [0.15, 0.2) is 11.8 Å². The summed E-state index contributed by atoms with van der Waals surface area (Å²) < 4.78 is 7.86. The number of hydrogen-bond acceptors (Lipinski definition) is 4. The molecule has 136 valence electrons. The Kier molecular flexibility index (Phi) is 7.25. The van der Waals surface area contributed by atoms with Gasteiger partial charge in [-0.25, -0.2) is 0 Å². The molecule has 0 fully saturated rings. The van der Waals surface area contributed by atoms with Gasteiger partial charge in [-0.3, -0.25) is 4.99 Å². The number of aromatic nitrogens is 3. The van der Waals surface area contributed by atoms with E-state index in [4.69, 9.17) is 4.74 Å². The zero-order valence-electron chi connectivity index (χ0n) is 15.5. The van der Waals surface area contributed by atoms with Gasteiger partial charge in [0.1, 0.15) is 12.1 Å². The lowest BCUT2D eigenvalue weighted by Gasteiger charge is -2.15. The fraction of sp³-hybridized carbons (Fsp3) is 0.500. The molecular formula is C18H28N6O. The molecule has 0 atom stereocenters. The smallest absolute Gasteiger partial charge is 0.191 e. The molecule has 1 aromatic heterocycles. The van der Waals surface area contributed by atoms with Crippen LogP contribution in [-0.4, -0.2) is 34.4 Å². The number of hydrogen-bond donors (Lipinski definition) is 2. The summed E-state index contributed by atoms with van der Waals surface area (Å²) in [6.07, 6.45) is 2.72. The van der Waals surface area contributed by atoms with Gasteiger partial charge in [0.25, 0.3) is 0 Å². The highest BCUT2D eigenvalue weighted by Crippen LogP contribution is 2.20. The first-order valence-corrected chi connectivity index (χ1v) is 8.71. The summed E-state index contributed by atoms with van der Waals surface area (Å²) in [6, 6.07) is 6.26. The normalized spacial score (nSPS) is 11.4. The van der Waals surface area contributed by atoms with E-state index in [-0.39, 0.29) is 0 Å².